The second-order valence-electron chi connectivity index (χ2n) is 10.5. The Morgan fingerprint density at radius 3 is 0.971 bits per heavy atom. The molecule has 35 heavy (non-hydrogen) atoms. The molecule has 0 aliphatic heterocycles. The Morgan fingerprint density at radius 1 is 0.457 bits per heavy atom. The molecule has 0 rings (SSSR count). The van der Waals surface area contributed by atoms with E-state index in [0.29, 0.717) is 12.8 Å². The minimum Gasteiger partial charge on any atom is -0.390 e. The summed E-state index contributed by atoms with van der Waals surface area (Å²) >= 11 is 0. The molecular weight excluding hydrogens is 438 g/mol. The van der Waals surface area contributed by atoms with Crippen molar-refractivity contribution in [3.63, 3.8) is 0 Å². The van der Waals surface area contributed by atoms with Crippen LogP contribution in [-0.2, 0) is 9.59 Å². The highest BCUT2D eigenvalue weighted by Gasteiger charge is 2.42. The number of unbranched alkanes of at least 4 members (excludes halogenated alkanes) is 18. The van der Waals surface area contributed by atoms with Gasteiger partial charge in [-0.05, 0) is 12.8 Å². The zero-order valence-electron chi connectivity index (χ0n) is 23.5. The second kappa shape index (κ2) is 24.9. The summed E-state index contributed by atoms with van der Waals surface area (Å²) < 4.78 is -0.373. The third-order valence-electron chi connectivity index (χ3n) is 7.41. The molecule has 0 aliphatic rings. The van der Waals surface area contributed by atoms with Gasteiger partial charge in [-0.1, -0.05) is 129 Å². The molecule has 0 heterocycles. The lowest BCUT2D eigenvalue weighted by atomic mass is 10.0. The summed E-state index contributed by atoms with van der Waals surface area (Å²) in [5, 5.41) is 19.2. The van der Waals surface area contributed by atoms with Crippen LogP contribution in [0.1, 0.15) is 155 Å². The van der Waals surface area contributed by atoms with E-state index in [-0.39, 0.29) is 42.6 Å². The summed E-state index contributed by atoms with van der Waals surface area (Å²) in [4.78, 5) is 26.3. The van der Waals surface area contributed by atoms with Crippen LogP contribution >= 0.6 is 0 Å². The lowest BCUT2D eigenvalue weighted by molar-refractivity contribution is -0.781. The Labute approximate surface area is 217 Å². The van der Waals surface area contributed by atoms with Crippen LogP contribution in [0, 0.1) is 0 Å². The van der Waals surface area contributed by atoms with Crippen molar-refractivity contribution in [2.75, 3.05) is 26.3 Å². The topological polar surface area (TPSA) is 74.6 Å². The fourth-order valence-corrected chi connectivity index (χ4v) is 5.05. The van der Waals surface area contributed by atoms with Crippen LogP contribution in [0.5, 0.6) is 0 Å². The van der Waals surface area contributed by atoms with Crippen molar-refractivity contribution < 1.29 is 24.3 Å². The van der Waals surface area contributed by atoms with Gasteiger partial charge in [-0.15, -0.1) is 0 Å². The number of rotatable bonds is 26. The number of hydrogen-bond donors (Lipinski definition) is 2. The number of hydrogen-bond acceptors (Lipinski definition) is 4. The summed E-state index contributed by atoms with van der Waals surface area (Å²) in [7, 11) is 0. The Bertz CT molecular complexity index is 489. The second-order valence-corrected chi connectivity index (χ2v) is 10.5. The number of carbonyl (C=O) groups is 2. The fraction of sp³-hybridized carbons (Fsp3) is 0.933. The maximum absolute atomic E-state index is 13.1. The average molecular weight is 499 g/mol. The first kappa shape index (κ1) is 34.2. The van der Waals surface area contributed by atoms with Gasteiger partial charge in [0.2, 0.25) is 0 Å². The predicted molar refractivity (Wildman–Crippen MR) is 147 cm³/mol. The quantitative estimate of drug-likeness (QED) is 0.0958. The molecule has 0 fully saturated rings. The normalized spacial score (nSPS) is 11.8. The van der Waals surface area contributed by atoms with E-state index in [0.717, 1.165) is 38.5 Å². The highest BCUT2D eigenvalue weighted by atomic mass is 16.3. The van der Waals surface area contributed by atoms with Gasteiger partial charge in [0.25, 0.3) is 0 Å². The van der Waals surface area contributed by atoms with Gasteiger partial charge >= 0.3 is 11.8 Å². The molecule has 0 unspecified atom stereocenters. The molecule has 0 spiro atoms. The number of imide groups is 1. The Balaban J connectivity index is 4.28. The standard InChI is InChI=1S/C30H60NO4/c1-3-5-7-9-11-13-14-16-18-20-22-24-30(35)31(25-27-32,26-28-33)29(34)23-21-19-17-15-12-10-8-6-4-2/h32-33H,3-28H2,1-2H3/q+1. The summed E-state index contributed by atoms with van der Waals surface area (Å²) in [6, 6.07) is 0. The van der Waals surface area contributed by atoms with Gasteiger partial charge in [0, 0.05) is 0 Å². The van der Waals surface area contributed by atoms with Gasteiger partial charge in [-0.25, -0.2) is 9.59 Å². The number of carbonyl (C=O) groups excluding carboxylic acids is 2. The van der Waals surface area contributed by atoms with Crippen LogP contribution in [0.3, 0.4) is 0 Å². The molecule has 208 valence electrons. The van der Waals surface area contributed by atoms with E-state index in [1.165, 1.54) is 89.9 Å². The van der Waals surface area contributed by atoms with Crippen molar-refractivity contribution in [1.29, 1.82) is 0 Å². The number of nitrogens with zero attached hydrogens (tertiary/aromatic N) is 1. The van der Waals surface area contributed by atoms with Crippen molar-refractivity contribution >= 4 is 11.8 Å². The maximum atomic E-state index is 13.1. The molecule has 0 aromatic carbocycles. The van der Waals surface area contributed by atoms with E-state index >= 15 is 0 Å². The monoisotopic (exact) mass is 498 g/mol. The van der Waals surface area contributed by atoms with Crippen molar-refractivity contribution in [2.24, 2.45) is 0 Å². The van der Waals surface area contributed by atoms with E-state index < -0.39 is 0 Å². The number of aliphatic hydroxyl groups is 2. The van der Waals surface area contributed by atoms with E-state index in [1.807, 2.05) is 0 Å². The predicted octanol–water partition coefficient (Wildman–Crippen LogP) is 7.46. The van der Waals surface area contributed by atoms with Crippen LogP contribution in [0.15, 0.2) is 0 Å². The minimum atomic E-state index is -0.373. The third-order valence-corrected chi connectivity index (χ3v) is 7.41. The molecule has 0 aromatic rings. The molecule has 0 bridgehead atoms. The van der Waals surface area contributed by atoms with Gasteiger partial charge in [0.15, 0.2) is 0 Å². The van der Waals surface area contributed by atoms with E-state index in [1.54, 1.807) is 0 Å². The summed E-state index contributed by atoms with van der Waals surface area (Å²) in [5.74, 6) is -0.242. The van der Waals surface area contributed by atoms with Gasteiger partial charge in [0.1, 0.15) is 13.1 Å². The van der Waals surface area contributed by atoms with Gasteiger partial charge in [0.05, 0.1) is 26.1 Å². The average Bonchev–Trinajstić information content (AvgIpc) is 2.85. The van der Waals surface area contributed by atoms with Crippen LogP contribution in [0.25, 0.3) is 0 Å². The highest BCUT2D eigenvalue weighted by molar-refractivity contribution is 5.84. The van der Waals surface area contributed by atoms with Crippen LogP contribution < -0.4 is 0 Å². The SMILES string of the molecule is CCCCCCCCCCCCCC(=O)[N+](CCO)(CCO)C(=O)CCCCCCCCCCC. The van der Waals surface area contributed by atoms with Crippen molar-refractivity contribution in [1.82, 2.24) is 0 Å². The van der Waals surface area contributed by atoms with E-state index in [9.17, 15) is 19.8 Å². The molecule has 5 heteroatoms. The van der Waals surface area contributed by atoms with Crippen LogP contribution in [0.4, 0.5) is 0 Å². The lowest BCUT2D eigenvalue weighted by Crippen LogP contribution is -2.59. The largest absolute Gasteiger partial charge is 0.390 e. The van der Waals surface area contributed by atoms with Crippen LogP contribution in [0.2, 0.25) is 0 Å². The minimum absolute atomic E-state index is 0.0910. The number of amides is 2. The maximum Gasteiger partial charge on any atom is 0.321 e. The first-order chi connectivity index (χ1) is 17.1. The molecule has 0 atom stereocenters. The summed E-state index contributed by atoms with van der Waals surface area (Å²) in [6.07, 6.45) is 24.7. The Kier molecular flexibility index (Phi) is 24.3. The van der Waals surface area contributed by atoms with Crippen molar-refractivity contribution in [3.8, 4) is 0 Å². The number of quaternary nitrogens is 1. The molecule has 0 saturated heterocycles. The molecule has 5 nitrogen and oxygen atoms in total. The zero-order valence-corrected chi connectivity index (χ0v) is 23.5. The smallest absolute Gasteiger partial charge is 0.321 e. The number of aliphatic hydroxyl groups excluding tert-OH is 2. The lowest BCUT2D eigenvalue weighted by Gasteiger charge is -2.32. The van der Waals surface area contributed by atoms with Crippen molar-refractivity contribution in [2.45, 2.75) is 155 Å². The third kappa shape index (κ3) is 17.3. The molecule has 2 amide bonds. The summed E-state index contributed by atoms with van der Waals surface area (Å²) in [6.45, 7) is 4.23. The van der Waals surface area contributed by atoms with Gasteiger partial charge in [-0.3, -0.25) is 0 Å². The first-order valence-corrected chi connectivity index (χ1v) is 15.2. The Hall–Kier alpha value is -0.780. The molecule has 0 aromatic heterocycles. The molecule has 0 saturated carbocycles. The highest BCUT2D eigenvalue weighted by Crippen LogP contribution is 2.19. The van der Waals surface area contributed by atoms with Gasteiger partial charge < -0.3 is 10.2 Å². The van der Waals surface area contributed by atoms with Crippen LogP contribution in [-0.4, -0.2) is 52.8 Å². The Morgan fingerprint density at radius 2 is 0.714 bits per heavy atom. The first-order valence-electron chi connectivity index (χ1n) is 15.2. The molecular formula is C30H60NO4+. The van der Waals surface area contributed by atoms with Crippen molar-refractivity contribution in [3.05, 3.63) is 0 Å². The van der Waals surface area contributed by atoms with E-state index in [2.05, 4.69) is 13.8 Å². The molecule has 2 N–H and O–H groups in total. The zero-order chi connectivity index (χ0) is 26.0. The molecule has 0 radical (unpaired) electrons. The molecule has 0 aliphatic carbocycles. The fourth-order valence-electron chi connectivity index (χ4n) is 5.05. The van der Waals surface area contributed by atoms with E-state index in [4.69, 9.17) is 0 Å². The summed E-state index contributed by atoms with van der Waals surface area (Å²) in [5.41, 5.74) is 0. The van der Waals surface area contributed by atoms with Gasteiger partial charge in [-0.2, -0.15) is 4.48 Å².